The van der Waals surface area contributed by atoms with Crippen LogP contribution in [-0.4, -0.2) is 55.9 Å². The molecule has 1 N–H and O–H groups in total. The first kappa shape index (κ1) is 27.3. The molecule has 3 aromatic carbocycles. The summed E-state index contributed by atoms with van der Waals surface area (Å²) in [4.78, 5) is 0.118. The van der Waals surface area contributed by atoms with Gasteiger partial charge in [0.05, 0.1) is 11.5 Å². The van der Waals surface area contributed by atoms with E-state index in [1.54, 1.807) is 42.5 Å². The fourth-order valence-corrected chi connectivity index (χ4v) is 3.81. The molecule has 0 aliphatic carbocycles. The summed E-state index contributed by atoms with van der Waals surface area (Å²) in [5.41, 5.74) is 0. The first-order valence-corrected chi connectivity index (χ1v) is 13.5. The van der Waals surface area contributed by atoms with Crippen LogP contribution in [0.5, 0.6) is 0 Å². The molecular formula is C22H23NaO6S2. The normalized spacial score (nSPS) is 10.8. The molecule has 31 heavy (non-hydrogen) atoms. The summed E-state index contributed by atoms with van der Waals surface area (Å²) in [6.07, 6.45) is 3.34. The molecule has 3 aromatic rings. The molecule has 0 saturated carbocycles. The molecule has 0 aromatic heterocycles. The third-order valence-electron chi connectivity index (χ3n) is 3.69. The Hall–Kier alpha value is -1.78. The van der Waals surface area contributed by atoms with E-state index in [1.165, 1.54) is 49.8 Å². The Morgan fingerprint density at radius 3 is 1.90 bits per heavy atom. The number of allylic oxidation sites excluding steroid dienone is 1. The van der Waals surface area contributed by atoms with Crippen LogP contribution in [0.25, 0.3) is 10.8 Å². The van der Waals surface area contributed by atoms with Crippen LogP contribution in [0.15, 0.2) is 108 Å². The number of hydrogen-bond donors (Lipinski definition) is 1. The molecule has 0 unspecified atom stereocenters. The van der Waals surface area contributed by atoms with E-state index in [9.17, 15) is 16.8 Å². The van der Waals surface area contributed by atoms with E-state index in [2.05, 4.69) is 13.2 Å². The Morgan fingerprint density at radius 2 is 1.39 bits per heavy atom. The van der Waals surface area contributed by atoms with E-state index in [4.69, 9.17) is 8.74 Å². The number of fused-ring (bicyclic) bond motifs is 1. The van der Waals surface area contributed by atoms with Crippen LogP contribution in [0, 0.1) is 0 Å². The van der Waals surface area contributed by atoms with Crippen molar-refractivity contribution < 1.29 is 25.6 Å². The van der Waals surface area contributed by atoms with Gasteiger partial charge in [-0.2, -0.15) is 16.8 Å². The van der Waals surface area contributed by atoms with Gasteiger partial charge in [-0.1, -0.05) is 60.7 Å². The van der Waals surface area contributed by atoms with E-state index in [-0.39, 0.29) is 16.4 Å². The van der Waals surface area contributed by atoms with Gasteiger partial charge in [0.25, 0.3) is 20.2 Å². The molecule has 0 bridgehead atoms. The van der Waals surface area contributed by atoms with Crippen LogP contribution in [-0.2, 0) is 24.4 Å². The van der Waals surface area contributed by atoms with Crippen molar-refractivity contribution in [2.75, 3.05) is 6.61 Å². The molecule has 0 aliphatic rings. The molecule has 0 saturated heterocycles. The van der Waals surface area contributed by atoms with Gasteiger partial charge >= 0.3 is 44.3 Å². The molecule has 9 heteroatoms. The maximum atomic E-state index is 11.9. The fraction of sp³-hybridized carbons (Fsp3) is 0.0909. The molecule has 3 rings (SSSR count). The Labute approximate surface area is 201 Å². The molecule has 0 atom stereocenters. The maximum Gasteiger partial charge on any atom is 0.294 e. The van der Waals surface area contributed by atoms with E-state index in [0.717, 1.165) is 5.39 Å². The summed E-state index contributed by atoms with van der Waals surface area (Å²) in [5.74, 6) is 0. The molecule has 0 amide bonds. The largest absolute Gasteiger partial charge is 0.294 e. The van der Waals surface area contributed by atoms with Gasteiger partial charge in [0, 0.05) is 5.39 Å². The van der Waals surface area contributed by atoms with Gasteiger partial charge in [0.15, 0.2) is 0 Å². The van der Waals surface area contributed by atoms with Crippen LogP contribution in [0.4, 0.5) is 0 Å². The van der Waals surface area contributed by atoms with E-state index < -0.39 is 20.2 Å². The molecule has 0 aliphatic heterocycles. The minimum atomic E-state index is -4.00. The van der Waals surface area contributed by atoms with Crippen LogP contribution in [0.2, 0.25) is 3.67 Å². The Morgan fingerprint density at radius 1 is 0.839 bits per heavy atom. The van der Waals surface area contributed by atoms with Gasteiger partial charge in [-0.15, -0.1) is 6.58 Å². The SMILES string of the molecule is C=CCOS(=O)(=O)c1cccc2ccccc12.C=C[CH2][Na].O=S(=O)(O)c1ccccc1. The van der Waals surface area contributed by atoms with Crippen LogP contribution in [0.3, 0.4) is 0 Å². The van der Waals surface area contributed by atoms with Gasteiger partial charge < -0.3 is 0 Å². The van der Waals surface area contributed by atoms with Crippen molar-refractivity contribution in [3.63, 3.8) is 0 Å². The molecule has 0 radical (unpaired) electrons. The average Bonchev–Trinajstić information content (AvgIpc) is 2.78. The van der Waals surface area contributed by atoms with E-state index in [1.807, 2.05) is 24.3 Å². The third kappa shape index (κ3) is 9.49. The fourth-order valence-electron chi connectivity index (χ4n) is 2.21. The average molecular weight is 471 g/mol. The van der Waals surface area contributed by atoms with Crippen LogP contribution >= 0.6 is 0 Å². The summed E-state index contributed by atoms with van der Waals surface area (Å²) in [6.45, 7) is 6.92. The Kier molecular flexibility index (Phi) is 12.0. The van der Waals surface area contributed by atoms with Crippen molar-refractivity contribution in [1.82, 2.24) is 0 Å². The number of benzene rings is 3. The first-order valence-electron chi connectivity index (χ1n) is 9.28. The predicted molar refractivity (Wildman–Crippen MR) is 124 cm³/mol. The molecule has 0 fully saturated rings. The van der Waals surface area contributed by atoms with Crippen LogP contribution in [0.1, 0.15) is 0 Å². The van der Waals surface area contributed by atoms with Gasteiger partial charge in [-0.25, -0.2) is 0 Å². The van der Waals surface area contributed by atoms with E-state index in [0.29, 0.717) is 5.39 Å². The minimum Gasteiger partial charge on any atom is -0.282 e. The van der Waals surface area contributed by atoms with Gasteiger partial charge in [0.1, 0.15) is 4.90 Å². The maximum absolute atomic E-state index is 11.9. The van der Waals surface area contributed by atoms with Crippen molar-refractivity contribution >= 4 is 58.9 Å². The Bertz CT molecular complexity index is 1190. The molecule has 0 spiro atoms. The van der Waals surface area contributed by atoms with Gasteiger partial charge in [-0.05, 0) is 23.6 Å². The standard InChI is InChI=1S/C13H12O3S.C6H6O3S.C3H5.Na/c1-2-10-16-17(14,15)13-9-5-7-11-6-3-4-8-12(11)13;7-10(8,9)6-4-2-1-3-5-6;1-3-2;/h2-9H,1,10H2;1-5H,(H,7,8,9);3H,1-2H2;. The first-order chi connectivity index (χ1) is 14.7. The summed E-state index contributed by atoms with van der Waals surface area (Å²) in [7, 11) is -7.72. The van der Waals surface area contributed by atoms with Crippen molar-refractivity contribution in [3.8, 4) is 0 Å². The minimum absolute atomic E-state index is 0.0223. The second-order valence-corrected chi connectivity index (χ2v) is 9.81. The smallest absolute Gasteiger partial charge is 0.282 e. The topological polar surface area (TPSA) is 97.7 Å². The van der Waals surface area contributed by atoms with Crippen molar-refractivity contribution in [2.24, 2.45) is 0 Å². The summed E-state index contributed by atoms with van der Waals surface area (Å²) >= 11 is 1.27. The zero-order chi connectivity index (χ0) is 23.3. The second-order valence-electron chi connectivity index (χ2n) is 5.99. The monoisotopic (exact) mass is 470 g/mol. The predicted octanol–water partition coefficient (Wildman–Crippen LogP) is 4.42. The molecule has 160 valence electrons. The molecule has 0 heterocycles. The zero-order valence-electron chi connectivity index (χ0n) is 17.2. The zero-order valence-corrected chi connectivity index (χ0v) is 20.8. The van der Waals surface area contributed by atoms with Crippen molar-refractivity contribution in [3.05, 3.63) is 98.1 Å². The van der Waals surface area contributed by atoms with E-state index >= 15 is 0 Å². The van der Waals surface area contributed by atoms with Gasteiger partial charge in [-0.3, -0.25) is 8.74 Å². The molecule has 6 nitrogen and oxygen atoms in total. The van der Waals surface area contributed by atoms with Crippen LogP contribution < -0.4 is 0 Å². The van der Waals surface area contributed by atoms with Crippen molar-refractivity contribution in [2.45, 2.75) is 13.5 Å². The molecular weight excluding hydrogens is 447 g/mol. The summed E-state index contributed by atoms with van der Waals surface area (Å²) in [5, 5.41) is 1.54. The Balaban J connectivity index is 0.000000290. The number of hydrogen-bond acceptors (Lipinski definition) is 5. The summed E-state index contributed by atoms with van der Waals surface area (Å²) in [6, 6.07) is 19.8. The summed E-state index contributed by atoms with van der Waals surface area (Å²) < 4.78 is 59.2. The van der Waals surface area contributed by atoms with Crippen molar-refractivity contribution in [1.29, 1.82) is 0 Å². The number of rotatable bonds is 6. The second kappa shape index (κ2) is 13.6. The quantitative estimate of drug-likeness (QED) is 0.248. The van der Waals surface area contributed by atoms with Gasteiger partial charge in [0.2, 0.25) is 0 Å². The third-order valence-corrected chi connectivity index (χ3v) is 6.48.